The number of hydrogen-bond acceptors (Lipinski definition) is 10. The van der Waals surface area contributed by atoms with Gasteiger partial charge in [-0.15, -0.1) is 0 Å². The van der Waals surface area contributed by atoms with E-state index in [0.29, 0.717) is 62.3 Å². The molecule has 0 aromatic heterocycles. The highest BCUT2D eigenvalue weighted by Gasteiger charge is 2.27. The summed E-state index contributed by atoms with van der Waals surface area (Å²) in [5.41, 5.74) is 2.25. The van der Waals surface area contributed by atoms with Gasteiger partial charge < -0.3 is 47.4 Å². The SMILES string of the molecule is CC(OCCOc1ccc(C(C)(C)c2ccc(OCCOC(C)OCC3CCC(COCC4CO4)CC3)cc2)cc1)OCC1CCC(COCC2CO2)CC1. The van der Waals surface area contributed by atoms with Gasteiger partial charge in [-0.25, -0.2) is 0 Å². The van der Waals surface area contributed by atoms with Gasteiger partial charge >= 0.3 is 0 Å². The molecular formula is C45H68O10. The third kappa shape index (κ3) is 15.2. The normalized spacial score (nSPS) is 26.3. The minimum absolute atomic E-state index is 0.181. The number of epoxide rings is 2. The first-order valence-corrected chi connectivity index (χ1v) is 21.1. The molecule has 0 spiro atoms. The van der Waals surface area contributed by atoms with Crippen LogP contribution in [0.5, 0.6) is 11.5 Å². The van der Waals surface area contributed by atoms with E-state index in [9.17, 15) is 0 Å². The van der Waals surface area contributed by atoms with Crippen molar-refractivity contribution < 1.29 is 47.4 Å². The quantitative estimate of drug-likeness (QED) is 0.0533. The molecule has 2 saturated heterocycles. The summed E-state index contributed by atoms with van der Waals surface area (Å²) < 4.78 is 57.8. The van der Waals surface area contributed by atoms with Gasteiger partial charge in [0.25, 0.3) is 0 Å². The van der Waals surface area contributed by atoms with Crippen molar-refractivity contribution in [1.29, 1.82) is 0 Å². The lowest BCUT2D eigenvalue weighted by Crippen LogP contribution is -2.25. The van der Waals surface area contributed by atoms with Crippen molar-refractivity contribution >= 4 is 0 Å². The second-order valence-corrected chi connectivity index (χ2v) is 16.7. The summed E-state index contributed by atoms with van der Waals surface area (Å²) >= 11 is 0. The van der Waals surface area contributed by atoms with Gasteiger partial charge in [-0.1, -0.05) is 38.1 Å². The Balaban J connectivity index is 0.787. The number of benzene rings is 2. The van der Waals surface area contributed by atoms with Gasteiger partial charge in [0.15, 0.2) is 12.6 Å². The topological polar surface area (TPSA) is 98.9 Å². The van der Waals surface area contributed by atoms with Gasteiger partial charge in [0.1, 0.15) is 36.9 Å². The Morgan fingerprint density at radius 2 is 0.836 bits per heavy atom. The summed E-state index contributed by atoms with van der Waals surface area (Å²) in [6, 6.07) is 16.7. The van der Waals surface area contributed by atoms with Crippen LogP contribution in [0.15, 0.2) is 48.5 Å². The summed E-state index contributed by atoms with van der Waals surface area (Å²) in [6.45, 7) is 16.8. The van der Waals surface area contributed by atoms with Crippen molar-refractivity contribution in [2.75, 3.05) is 79.3 Å². The molecule has 2 saturated carbocycles. The molecule has 2 aromatic rings. The molecule has 2 aliphatic heterocycles. The third-order valence-electron chi connectivity index (χ3n) is 11.7. The third-order valence-corrected chi connectivity index (χ3v) is 11.7. The van der Waals surface area contributed by atoms with Crippen LogP contribution in [0.25, 0.3) is 0 Å². The minimum Gasteiger partial charge on any atom is -0.491 e. The van der Waals surface area contributed by atoms with Crippen LogP contribution in [0.3, 0.4) is 0 Å². The lowest BCUT2D eigenvalue weighted by Gasteiger charge is -2.29. The zero-order valence-corrected chi connectivity index (χ0v) is 34.0. The number of hydrogen-bond donors (Lipinski definition) is 0. The molecule has 0 radical (unpaired) electrons. The molecule has 4 unspecified atom stereocenters. The minimum atomic E-state index is -0.246. The van der Waals surface area contributed by atoms with Crippen molar-refractivity contribution in [3.8, 4) is 11.5 Å². The molecule has 0 amide bonds. The smallest absolute Gasteiger partial charge is 0.154 e. The van der Waals surface area contributed by atoms with E-state index in [1.165, 1.54) is 62.5 Å². The van der Waals surface area contributed by atoms with Crippen LogP contribution in [0, 0.1) is 23.7 Å². The van der Waals surface area contributed by atoms with Crippen molar-refractivity contribution in [2.45, 2.75) is 109 Å². The van der Waals surface area contributed by atoms with E-state index in [-0.39, 0.29) is 18.0 Å². The van der Waals surface area contributed by atoms with E-state index in [4.69, 9.17) is 47.4 Å². The molecule has 308 valence electrons. The Labute approximate surface area is 330 Å². The van der Waals surface area contributed by atoms with Gasteiger partial charge in [-0.3, -0.25) is 0 Å². The molecule has 55 heavy (non-hydrogen) atoms. The summed E-state index contributed by atoms with van der Waals surface area (Å²) in [6.07, 6.45) is 9.83. The van der Waals surface area contributed by atoms with Gasteiger partial charge in [0.05, 0.1) is 52.9 Å². The zero-order chi connectivity index (χ0) is 38.3. The van der Waals surface area contributed by atoms with Gasteiger partial charge in [0.2, 0.25) is 0 Å². The average molecular weight is 769 g/mol. The maximum atomic E-state index is 6.02. The van der Waals surface area contributed by atoms with E-state index in [0.717, 1.165) is 64.4 Å². The van der Waals surface area contributed by atoms with Crippen LogP contribution >= 0.6 is 0 Å². The van der Waals surface area contributed by atoms with Crippen molar-refractivity contribution in [3.05, 3.63) is 59.7 Å². The second-order valence-electron chi connectivity index (χ2n) is 16.7. The summed E-state index contributed by atoms with van der Waals surface area (Å²) in [5, 5.41) is 0. The van der Waals surface area contributed by atoms with Crippen molar-refractivity contribution in [1.82, 2.24) is 0 Å². The molecule has 2 heterocycles. The highest BCUT2D eigenvalue weighted by molar-refractivity contribution is 5.41. The van der Waals surface area contributed by atoms with Crippen molar-refractivity contribution in [3.63, 3.8) is 0 Å². The average Bonchev–Trinajstić information content (AvgIpc) is 4.15. The monoisotopic (exact) mass is 768 g/mol. The van der Waals surface area contributed by atoms with Crippen LogP contribution in [-0.2, 0) is 43.3 Å². The van der Waals surface area contributed by atoms with Crippen LogP contribution in [0.4, 0.5) is 0 Å². The highest BCUT2D eigenvalue weighted by Crippen LogP contribution is 2.34. The molecule has 10 heteroatoms. The molecule has 6 rings (SSSR count). The first-order valence-electron chi connectivity index (χ1n) is 21.1. The predicted molar refractivity (Wildman–Crippen MR) is 211 cm³/mol. The largest absolute Gasteiger partial charge is 0.491 e. The van der Waals surface area contributed by atoms with Crippen LogP contribution in [0.1, 0.15) is 90.2 Å². The number of rotatable bonds is 26. The first kappa shape index (κ1) is 42.3. The zero-order valence-electron chi connectivity index (χ0n) is 34.0. The molecule has 4 aliphatic rings. The Kier molecular flexibility index (Phi) is 17.0. The van der Waals surface area contributed by atoms with Crippen molar-refractivity contribution in [2.24, 2.45) is 23.7 Å². The lowest BCUT2D eigenvalue weighted by atomic mass is 9.78. The Morgan fingerprint density at radius 1 is 0.491 bits per heavy atom. The molecule has 4 fully saturated rings. The van der Waals surface area contributed by atoms with Crippen LogP contribution in [-0.4, -0.2) is 104 Å². The fraction of sp³-hybridized carbons (Fsp3) is 0.733. The first-order chi connectivity index (χ1) is 26.8. The van der Waals surface area contributed by atoms with Crippen LogP contribution in [0.2, 0.25) is 0 Å². The lowest BCUT2D eigenvalue weighted by molar-refractivity contribution is -0.144. The predicted octanol–water partition coefficient (Wildman–Crippen LogP) is 7.97. The Hall–Kier alpha value is -2.28. The second kappa shape index (κ2) is 22.0. The van der Waals surface area contributed by atoms with E-state index in [1.54, 1.807) is 0 Å². The van der Waals surface area contributed by atoms with E-state index < -0.39 is 0 Å². The van der Waals surface area contributed by atoms with E-state index in [1.807, 2.05) is 38.1 Å². The van der Waals surface area contributed by atoms with Gasteiger partial charge in [0, 0.05) is 18.6 Å². The molecule has 0 N–H and O–H groups in total. The molecule has 4 atom stereocenters. The van der Waals surface area contributed by atoms with E-state index in [2.05, 4.69) is 38.1 Å². The highest BCUT2D eigenvalue weighted by atomic mass is 16.7. The molecule has 0 bridgehead atoms. The molecule has 2 aliphatic carbocycles. The molecule has 2 aromatic carbocycles. The van der Waals surface area contributed by atoms with Gasteiger partial charge in [-0.05, 0) is 124 Å². The fourth-order valence-corrected chi connectivity index (χ4v) is 7.68. The maximum absolute atomic E-state index is 6.02. The van der Waals surface area contributed by atoms with Crippen LogP contribution < -0.4 is 9.47 Å². The van der Waals surface area contributed by atoms with E-state index >= 15 is 0 Å². The summed E-state index contributed by atoms with van der Waals surface area (Å²) in [4.78, 5) is 0. The number of ether oxygens (including phenoxy) is 10. The summed E-state index contributed by atoms with van der Waals surface area (Å²) in [5.74, 6) is 4.21. The standard InChI is InChI=1S/C45H68O10/c1-33(52-27-37-9-5-35(6-10-37)25-46-29-43-31-54-43)48-21-23-50-41-17-13-39(14-18-41)45(3,4)40-15-19-42(20-16-40)51-24-22-49-34(2)53-28-38-11-7-36(8-12-38)26-47-30-44-32-55-44/h13-20,33-38,43-44H,5-12,21-32H2,1-4H3. The summed E-state index contributed by atoms with van der Waals surface area (Å²) in [7, 11) is 0. The molecule has 10 nitrogen and oxygen atoms in total. The fourth-order valence-electron chi connectivity index (χ4n) is 7.68. The van der Waals surface area contributed by atoms with Gasteiger partial charge in [-0.2, -0.15) is 0 Å². The Morgan fingerprint density at radius 3 is 1.18 bits per heavy atom. The Bertz CT molecular complexity index is 1230. The molecular weight excluding hydrogens is 700 g/mol. The maximum Gasteiger partial charge on any atom is 0.154 e.